The first-order chi connectivity index (χ1) is 11.1. The van der Waals surface area contributed by atoms with Gasteiger partial charge in [-0.3, -0.25) is 9.59 Å². The molecule has 1 saturated heterocycles. The van der Waals surface area contributed by atoms with E-state index in [1.807, 2.05) is 42.5 Å². The number of hydrogen-bond acceptors (Lipinski definition) is 3. The van der Waals surface area contributed by atoms with Gasteiger partial charge in [-0.15, -0.1) is 0 Å². The van der Waals surface area contributed by atoms with Crippen LogP contribution in [0.2, 0.25) is 0 Å². The second-order valence-electron chi connectivity index (χ2n) is 5.86. The lowest BCUT2D eigenvalue weighted by atomic mass is 9.82. The van der Waals surface area contributed by atoms with E-state index >= 15 is 0 Å². The number of amides is 1. The van der Waals surface area contributed by atoms with Crippen LogP contribution in [-0.4, -0.2) is 29.2 Å². The lowest BCUT2D eigenvalue weighted by Crippen LogP contribution is -2.39. The quantitative estimate of drug-likeness (QED) is 0.854. The fourth-order valence-corrected chi connectivity index (χ4v) is 3.47. The first kappa shape index (κ1) is 14.0. The molecule has 0 spiro atoms. The van der Waals surface area contributed by atoms with Gasteiger partial charge >= 0.3 is 5.97 Å². The Bertz CT molecular complexity index is 823. The maximum atomic E-state index is 12.7. The molecule has 0 radical (unpaired) electrons. The Balaban J connectivity index is 1.65. The molecule has 0 unspecified atom stereocenters. The fraction of sp³-hybridized carbons (Fsp3) is 0.222. The van der Waals surface area contributed by atoms with Crippen LogP contribution in [-0.2, 0) is 14.3 Å². The summed E-state index contributed by atoms with van der Waals surface area (Å²) in [7, 11) is 0. The van der Waals surface area contributed by atoms with Crippen molar-refractivity contribution in [1.29, 1.82) is 0 Å². The molecule has 0 aliphatic carbocycles. The Kier molecular flexibility index (Phi) is 3.16. The zero-order valence-corrected chi connectivity index (χ0v) is 12.2. The van der Waals surface area contributed by atoms with Gasteiger partial charge in [-0.25, -0.2) is 0 Å². The first-order valence-electron chi connectivity index (χ1n) is 7.50. The summed E-state index contributed by atoms with van der Waals surface area (Å²) in [6.07, 6.45) is 2.53. The lowest BCUT2D eigenvalue weighted by molar-refractivity contribution is -0.145. The highest BCUT2D eigenvalue weighted by Gasteiger charge is 2.53. The number of carbonyl (C=O) groups excluding carboxylic acids is 1. The molecule has 1 fully saturated rings. The molecule has 2 bridgehead atoms. The third-order valence-corrected chi connectivity index (χ3v) is 4.53. The minimum atomic E-state index is -1.00. The standard InChI is InChI=1S/C18H15NO4/c20-17(15-13-8-9-14(23-13)16(15)18(21)22)19-12-7-3-5-10-4-1-2-6-11(10)12/h1-9,13-16H,(H,19,20)(H,21,22)/t13-,14-,15+,16-/m0/s1. The van der Waals surface area contributed by atoms with Crippen LogP contribution in [0.3, 0.4) is 0 Å². The molecule has 2 aromatic carbocycles. The van der Waals surface area contributed by atoms with E-state index in [0.717, 1.165) is 10.8 Å². The van der Waals surface area contributed by atoms with E-state index in [9.17, 15) is 14.7 Å². The predicted octanol–water partition coefficient (Wildman–Crippen LogP) is 2.43. The van der Waals surface area contributed by atoms with Gasteiger partial charge in [0.25, 0.3) is 0 Å². The minimum Gasteiger partial charge on any atom is -0.481 e. The summed E-state index contributed by atoms with van der Waals surface area (Å²) in [6, 6.07) is 13.4. The number of carbonyl (C=O) groups is 2. The van der Waals surface area contributed by atoms with Gasteiger partial charge in [-0.2, -0.15) is 0 Å². The molecule has 116 valence electrons. The molecule has 5 nitrogen and oxygen atoms in total. The van der Waals surface area contributed by atoms with E-state index in [1.54, 1.807) is 12.2 Å². The topological polar surface area (TPSA) is 75.6 Å². The molecule has 4 rings (SSSR count). The largest absolute Gasteiger partial charge is 0.481 e. The van der Waals surface area contributed by atoms with Gasteiger partial charge < -0.3 is 15.2 Å². The Morgan fingerprint density at radius 2 is 1.65 bits per heavy atom. The highest BCUT2D eigenvalue weighted by atomic mass is 16.5. The SMILES string of the molecule is O=C(O)[C@@H]1[C@H](C(=O)Nc2cccc3ccccc23)[C@@H]2C=C[C@@H]1O2. The fourth-order valence-electron chi connectivity index (χ4n) is 3.47. The number of rotatable bonds is 3. The summed E-state index contributed by atoms with van der Waals surface area (Å²) < 4.78 is 5.55. The average molecular weight is 309 g/mol. The van der Waals surface area contributed by atoms with Crippen molar-refractivity contribution < 1.29 is 19.4 Å². The Hall–Kier alpha value is -2.66. The van der Waals surface area contributed by atoms with Crippen molar-refractivity contribution in [3.05, 3.63) is 54.6 Å². The number of nitrogens with one attached hydrogen (secondary N) is 1. The Labute approximate surface area is 132 Å². The van der Waals surface area contributed by atoms with E-state index < -0.39 is 30.0 Å². The lowest BCUT2D eigenvalue weighted by Gasteiger charge is -2.21. The van der Waals surface area contributed by atoms with Crippen molar-refractivity contribution in [3.8, 4) is 0 Å². The highest BCUT2D eigenvalue weighted by molar-refractivity contribution is 6.04. The van der Waals surface area contributed by atoms with Gasteiger partial charge in [-0.05, 0) is 11.5 Å². The maximum Gasteiger partial charge on any atom is 0.310 e. The van der Waals surface area contributed by atoms with Crippen LogP contribution in [0.25, 0.3) is 10.8 Å². The van der Waals surface area contributed by atoms with Crippen LogP contribution < -0.4 is 5.32 Å². The number of fused-ring (bicyclic) bond motifs is 3. The number of hydrogen-bond donors (Lipinski definition) is 2. The van der Waals surface area contributed by atoms with Crippen molar-refractivity contribution in [1.82, 2.24) is 0 Å². The molecule has 23 heavy (non-hydrogen) atoms. The second kappa shape index (κ2) is 5.21. The van der Waals surface area contributed by atoms with Crippen molar-refractivity contribution in [2.45, 2.75) is 12.2 Å². The first-order valence-corrected chi connectivity index (χ1v) is 7.50. The predicted molar refractivity (Wildman–Crippen MR) is 85.0 cm³/mol. The number of carboxylic acids is 1. The van der Waals surface area contributed by atoms with Crippen LogP contribution in [0.1, 0.15) is 0 Å². The summed E-state index contributed by atoms with van der Waals surface area (Å²) in [5.41, 5.74) is 0.684. The van der Waals surface area contributed by atoms with Gasteiger partial charge in [0.15, 0.2) is 0 Å². The molecule has 2 N–H and O–H groups in total. The third kappa shape index (κ3) is 2.21. The number of aliphatic carboxylic acids is 1. The van der Waals surface area contributed by atoms with Gasteiger partial charge in [0.05, 0.1) is 18.1 Å². The molecule has 4 atom stereocenters. The van der Waals surface area contributed by atoms with Gasteiger partial charge in [0.2, 0.25) is 5.91 Å². The molecule has 1 amide bonds. The van der Waals surface area contributed by atoms with E-state index in [-0.39, 0.29) is 5.91 Å². The molecule has 2 aromatic rings. The number of carboxylic acid groups (broad SMARTS) is 1. The van der Waals surface area contributed by atoms with Crippen LogP contribution >= 0.6 is 0 Å². The Morgan fingerprint density at radius 1 is 0.957 bits per heavy atom. The van der Waals surface area contributed by atoms with E-state index in [0.29, 0.717) is 5.69 Å². The molecular weight excluding hydrogens is 294 g/mol. The number of ether oxygens (including phenoxy) is 1. The normalized spacial score (nSPS) is 28.2. The zero-order valence-electron chi connectivity index (χ0n) is 12.2. The molecular formula is C18H15NO4. The van der Waals surface area contributed by atoms with Crippen LogP contribution in [0.5, 0.6) is 0 Å². The van der Waals surface area contributed by atoms with Crippen molar-refractivity contribution in [2.75, 3.05) is 5.32 Å². The van der Waals surface area contributed by atoms with E-state index in [1.165, 1.54) is 0 Å². The monoisotopic (exact) mass is 309 g/mol. The van der Waals surface area contributed by atoms with Crippen LogP contribution in [0.15, 0.2) is 54.6 Å². The van der Waals surface area contributed by atoms with Crippen molar-refractivity contribution in [3.63, 3.8) is 0 Å². The van der Waals surface area contributed by atoms with Crippen molar-refractivity contribution in [2.24, 2.45) is 11.8 Å². The van der Waals surface area contributed by atoms with Gasteiger partial charge in [-0.1, -0.05) is 48.6 Å². The maximum absolute atomic E-state index is 12.7. The molecule has 2 heterocycles. The smallest absolute Gasteiger partial charge is 0.310 e. The average Bonchev–Trinajstić information content (AvgIpc) is 3.16. The number of benzene rings is 2. The molecule has 0 aromatic heterocycles. The molecule has 5 heteroatoms. The highest BCUT2D eigenvalue weighted by Crippen LogP contribution is 2.40. The zero-order chi connectivity index (χ0) is 16.0. The van der Waals surface area contributed by atoms with E-state index in [2.05, 4.69) is 5.32 Å². The third-order valence-electron chi connectivity index (χ3n) is 4.53. The minimum absolute atomic E-state index is 0.314. The summed E-state index contributed by atoms with van der Waals surface area (Å²) in [5, 5.41) is 14.2. The Morgan fingerprint density at radius 3 is 2.43 bits per heavy atom. The second-order valence-corrected chi connectivity index (χ2v) is 5.86. The van der Waals surface area contributed by atoms with Crippen LogP contribution in [0.4, 0.5) is 5.69 Å². The van der Waals surface area contributed by atoms with Crippen LogP contribution in [0, 0.1) is 11.8 Å². The van der Waals surface area contributed by atoms with E-state index in [4.69, 9.17) is 4.74 Å². The summed E-state index contributed by atoms with van der Waals surface area (Å²) in [6.45, 7) is 0. The summed E-state index contributed by atoms with van der Waals surface area (Å²) >= 11 is 0. The molecule has 2 aliphatic heterocycles. The van der Waals surface area contributed by atoms with Crippen molar-refractivity contribution >= 4 is 28.3 Å². The summed E-state index contributed by atoms with van der Waals surface area (Å²) in [4.78, 5) is 24.2. The molecule has 2 aliphatic rings. The number of anilines is 1. The van der Waals surface area contributed by atoms with Gasteiger partial charge in [0, 0.05) is 11.1 Å². The molecule has 0 saturated carbocycles. The van der Waals surface area contributed by atoms with Gasteiger partial charge in [0.1, 0.15) is 5.92 Å². The summed E-state index contributed by atoms with van der Waals surface area (Å²) in [5.74, 6) is -2.85.